The van der Waals surface area contributed by atoms with Crippen LogP contribution in [-0.2, 0) is 10.0 Å². The van der Waals surface area contributed by atoms with Gasteiger partial charge in [0.15, 0.2) is 0 Å². The van der Waals surface area contributed by atoms with Gasteiger partial charge in [0.2, 0.25) is 10.0 Å². The summed E-state index contributed by atoms with van der Waals surface area (Å²) in [5.41, 5.74) is 7.25. The van der Waals surface area contributed by atoms with E-state index in [4.69, 9.17) is 5.73 Å². The van der Waals surface area contributed by atoms with Crippen LogP contribution in [0.2, 0.25) is 0 Å². The van der Waals surface area contributed by atoms with E-state index in [0.717, 1.165) is 32.2 Å². The summed E-state index contributed by atoms with van der Waals surface area (Å²) in [4.78, 5) is 2.23. The van der Waals surface area contributed by atoms with Crippen LogP contribution in [0.15, 0.2) is 23.1 Å². The number of aliphatic hydroxyl groups excluding tert-OH is 1. The zero-order valence-corrected chi connectivity index (χ0v) is 13.1. The lowest BCUT2D eigenvalue weighted by Crippen LogP contribution is -2.38. The number of nitrogens with zero attached hydrogens (tertiary/aromatic N) is 1. The lowest BCUT2D eigenvalue weighted by atomic mass is 10.1. The fourth-order valence-electron chi connectivity index (χ4n) is 2.74. The highest BCUT2D eigenvalue weighted by Gasteiger charge is 2.24. The molecule has 0 saturated carbocycles. The van der Waals surface area contributed by atoms with E-state index < -0.39 is 10.0 Å². The largest absolute Gasteiger partial charge is 0.397 e. The minimum atomic E-state index is -3.50. The maximum atomic E-state index is 11.9. The van der Waals surface area contributed by atoms with Gasteiger partial charge in [-0.3, -0.25) is 0 Å². The van der Waals surface area contributed by atoms with Crippen LogP contribution >= 0.6 is 0 Å². The fourth-order valence-corrected chi connectivity index (χ4v) is 3.49. The Balaban J connectivity index is 2.43. The normalized spacial score (nSPS) is 20.3. The van der Waals surface area contributed by atoms with E-state index in [0.29, 0.717) is 11.4 Å². The third-order valence-corrected chi connectivity index (χ3v) is 5.39. The molecule has 1 unspecified atom stereocenters. The van der Waals surface area contributed by atoms with Crippen molar-refractivity contribution < 1.29 is 13.5 Å². The average molecular weight is 313 g/mol. The van der Waals surface area contributed by atoms with Crippen LogP contribution in [0.3, 0.4) is 0 Å². The van der Waals surface area contributed by atoms with Gasteiger partial charge in [0.05, 0.1) is 28.9 Å². The number of aliphatic hydroxyl groups is 1. The number of hydrogen-bond acceptors (Lipinski definition) is 5. The number of nitrogens with one attached hydrogen (secondary N) is 1. The summed E-state index contributed by atoms with van der Waals surface area (Å²) in [6.45, 7) is 0.820. The molecule has 7 heteroatoms. The number of benzene rings is 1. The van der Waals surface area contributed by atoms with Gasteiger partial charge in [-0.15, -0.1) is 0 Å². The van der Waals surface area contributed by atoms with E-state index in [-0.39, 0.29) is 17.5 Å². The van der Waals surface area contributed by atoms with Gasteiger partial charge >= 0.3 is 0 Å². The fraction of sp³-hybridized carbons (Fsp3) is 0.571. The monoisotopic (exact) mass is 313 g/mol. The molecule has 0 spiro atoms. The van der Waals surface area contributed by atoms with Gasteiger partial charge in [0.25, 0.3) is 0 Å². The Morgan fingerprint density at radius 1 is 1.38 bits per heavy atom. The first kappa shape index (κ1) is 16.1. The Labute approximate surface area is 126 Å². The summed E-state index contributed by atoms with van der Waals surface area (Å²) in [5.74, 6) is 0. The Bertz CT molecular complexity index is 589. The van der Waals surface area contributed by atoms with Crippen LogP contribution < -0.4 is 15.4 Å². The molecule has 118 valence electrons. The van der Waals surface area contributed by atoms with Gasteiger partial charge < -0.3 is 15.7 Å². The van der Waals surface area contributed by atoms with Crippen molar-refractivity contribution in [1.82, 2.24) is 4.72 Å². The van der Waals surface area contributed by atoms with Crippen molar-refractivity contribution in [3.05, 3.63) is 18.2 Å². The summed E-state index contributed by atoms with van der Waals surface area (Å²) in [6, 6.07) is 4.69. The molecule has 1 atom stereocenters. The van der Waals surface area contributed by atoms with Gasteiger partial charge in [0, 0.05) is 6.54 Å². The second-order valence-corrected chi connectivity index (χ2v) is 7.19. The number of anilines is 2. The number of nitrogens with two attached hydrogens (primary N) is 1. The molecular weight excluding hydrogens is 290 g/mol. The number of sulfonamides is 1. The minimum absolute atomic E-state index is 0.0117. The maximum Gasteiger partial charge on any atom is 0.240 e. The second kappa shape index (κ2) is 6.64. The average Bonchev–Trinajstić information content (AvgIpc) is 2.72. The molecule has 1 heterocycles. The Kier molecular flexibility index (Phi) is 5.08. The van der Waals surface area contributed by atoms with Gasteiger partial charge in [0.1, 0.15) is 0 Å². The lowest BCUT2D eigenvalue weighted by molar-refractivity contribution is 0.255. The first-order chi connectivity index (χ1) is 9.99. The van der Waals surface area contributed by atoms with E-state index in [1.54, 1.807) is 12.1 Å². The van der Waals surface area contributed by atoms with E-state index in [1.165, 1.54) is 13.1 Å². The third kappa shape index (κ3) is 3.48. The molecule has 6 nitrogen and oxygen atoms in total. The lowest BCUT2D eigenvalue weighted by Gasteiger charge is -2.32. The molecule has 1 saturated heterocycles. The van der Waals surface area contributed by atoms with E-state index in [2.05, 4.69) is 4.72 Å². The molecule has 4 N–H and O–H groups in total. The van der Waals surface area contributed by atoms with Crippen molar-refractivity contribution in [3.8, 4) is 0 Å². The summed E-state index contributed by atoms with van der Waals surface area (Å²) < 4.78 is 26.2. The number of rotatable bonds is 4. The zero-order valence-electron chi connectivity index (χ0n) is 12.2. The minimum Gasteiger partial charge on any atom is -0.397 e. The van der Waals surface area contributed by atoms with Gasteiger partial charge in [-0.25, -0.2) is 13.1 Å². The quantitative estimate of drug-likeness (QED) is 0.718. The van der Waals surface area contributed by atoms with Crippen LogP contribution in [0.25, 0.3) is 0 Å². The Morgan fingerprint density at radius 3 is 2.81 bits per heavy atom. The predicted molar refractivity (Wildman–Crippen MR) is 83.8 cm³/mol. The van der Waals surface area contributed by atoms with E-state index in [9.17, 15) is 13.5 Å². The van der Waals surface area contributed by atoms with E-state index >= 15 is 0 Å². The molecule has 21 heavy (non-hydrogen) atoms. The SMILES string of the molecule is CNS(=O)(=O)c1ccc(N)c(N2CCCCCC2CO)c1. The second-order valence-electron chi connectivity index (χ2n) is 5.31. The molecule has 0 aromatic heterocycles. The molecule has 1 aliphatic rings. The molecule has 0 radical (unpaired) electrons. The first-order valence-electron chi connectivity index (χ1n) is 7.20. The van der Waals surface area contributed by atoms with Gasteiger partial charge in [-0.1, -0.05) is 12.8 Å². The highest BCUT2D eigenvalue weighted by atomic mass is 32.2. The van der Waals surface area contributed by atoms with E-state index in [1.807, 2.05) is 4.90 Å². The summed E-state index contributed by atoms with van der Waals surface area (Å²) in [6.07, 6.45) is 4.08. The number of hydrogen-bond donors (Lipinski definition) is 3. The van der Waals surface area contributed by atoms with Crippen LogP contribution in [0.4, 0.5) is 11.4 Å². The zero-order chi connectivity index (χ0) is 15.5. The van der Waals surface area contributed by atoms with Crippen LogP contribution in [0.5, 0.6) is 0 Å². The molecule has 0 amide bonds. The highest BCUT2D eigenvalue weighted by Crippen LogP contribution is 2.31. The Hall–Kier alpha value is -1.31. The molecule has 1 aliphatic heterocycles. The molecule has 1 fully saturated rings. The van der Waals surface area contributed by atoms with Crippen molar-refractivity contribution in [3.63, 3.8) is 0 Å². The molecule has 0 aliphatic carbocycles. The standard InChI is InChI=1S/C14H23N3O3S/c1-16-21(19,20)12-6-7-13(15)14(9-12)17-8-4-2-3-5-11(17)10-18/h6-7,9,11,16,18H,2-5,8,10,15H2,1H3. The van der Waals surface area contributed by atoms with Gasteiger partial charge in [-0.2, -0.15) is 0 Å². The van der Waals surface area contributed by atoms with Gasteiger partial charge in [-0.05, 0) is 38.1 Å². The third-order valence-electron chi connectivity index (χ3n) is 3.98. The maximum absolute atomic E-state index is 11.9. The van der Waals surface area contributed by atoms with Crippen molar-refractivity contribution in [2.24, 2.45) is 0 Å². The van der Waals surface area contributed by atoms with Crippen molar-refractivity contribution in [2.45, 2.75) is 36.6 Å². The first-order valence-corrected chi connectivity index (χ1v) is 8.68. The summed E-state index contributed by atoms with van der Waals surface area (Å²) in [7, 11) is -2.12. The number of nitrogen functional groups attached to an aromatic ring is 1. The summed E-state index contributed by atoms with van der Waals surface area (Å²) in [5, 5.41) is 9.60. The molecule has 2 rings (SSSR count). The highest BCUT2D eigenvalue weighted by molar-refractivity contribution is 7.89. The molecular formula is C14H23N3O3S. The Morgan fingerprint density at radius 2 is 2.14 bits per heavy atom. The topological polar surface area (TPSA) is 95.7 Å². The molecule has 0 bridgehead atoms. The van der Waals surface area contributed by atoms with Crippen LogP contribution in [-0.4, -0.2) is 39.8 Å². The van der Waals surface area contributed by atoms with Crippen molar-refractivity contribution in [2.75, 3.05) is 30.8 Å². The summed E-state index contributed by atoms with van der Waals surface area (Å²) >= 11 is 0. The van der Waals surface area contributed by atoms with Crippen LogP contribution in [0, 0.1) is 0 Å². The van der Waals surface area contributed by atoms with Crippen molar-refractivity contribution >= 4 is 21.4 Å². The van der Waals surface area contributed by atoms with Crippen molar-refractivity contribution in [1.29, 1.82) is 0 Å². The molecule has 1 aromatic carbocycles. The van der Waals surface area contributed by atoms with Crippen LogP contribution in [0.1, 0.15) is 25.7 Å². The predicted octanol–water partition coefficient (Wildman–Crippen LogP) is 0.918. The smallest absolute Gasteiger partial charge is 0.240 e. The molecule has 1 aromatic rings.